The Bertz CT molecular complexity index is 1300. The Morgan fingerprint density at radius 1 is 0.774 bits per heavy atom. The standard InChI is InChI=1S/C24H17N3O4/c28-23(25-19-10-12-20(13-11-19)27(30)31)21-14-15-22(26-24(21)29)18-8-6-17(7-9-18)16-4-2-1-3-5-16/h1-15H,(H,25,28)(H,26,29). The van der Waals surface area contributed by atoms with Crippen LogP contribution in [-0.4, -0.2) is 15.8 Å². The Balaban J connectivity index is 1.52. The van der Waals surface area contributed by atoms with E-state index in [1.165, 1.54) is 30.3 Å². The molecule has 0 unspecified atom stereocenters. The molecule has 0 aliphatic rings. The van der Waals surface area contributed by atoms with Crippen LogP contribution >= 0.6 is 0 Å². The summed E-state index contributed by atoms with van der Waals surface area (Å²) in [5, 5.41) is 13.3. The van der Waals surface area contributed by atoms with Crippen molar-refractivity contribution in [1.29, 1.82) is 0 Å². The van der Waals surface area contributed by atoms with E-state index >= 15 is 0 Å². The van der Waals surface area contributed by atoms with Gasteiger partial charge in [-0.2, -0.15) is 0 Å². The van der Waals surface area contributed by atoms with Gasteiger partial charge in [0.2, 0.25) is 0 Å². The molecule has 3 aromatic carbocycles. The third-order valence-corrected chi connectivity index (χ3v) is 4.79. The van der Waals surface area contributed by atoms with E-state index in [2.05, 4.69) is 10.3 Å². The Hall–Kier alpha value is -4.52. The zero-order chi connectivity index (χ0) is 21.8. The number of carbonyl (C=O) groups is 1. The summed E-state index contributed by atoms with van der Waals surface area (Å²) in [6, 6.07) is 26.2. The monoisotopic (exact) mass is 411 g/mol. The number of aromatic nitrogens is 1. The first kappa shape index (κ1) is 19.8. The quantitative estimate of drug-likeness (QED) is 0.361. The molecule has 1 amide bonds. The molecule has 0 fully saturated rings. The van der Waals surface area contributed by atoms with Gasteiger partial charge in [0, 0.05) is 23.5 Å². The largest absolute Gasteiger partial charge is 0.322 e. The molecule has 7 heteroatoms. The number of anilines is 1. The van der Waals surface area contributed by atoms with Gasteiger partial charge in [-0.1, -0.05) is 54.6 Å². The number of carbonyl (C=O) groups excluding carboxylic acids is 1. The number of pyridine rings is 1. The number of non-ortho nitro benzene ring substituents is 1. The lowest BCUT2D eigenvalue weighted by Crippen LogP contribution is -2.23. The van der Waals surface area contributed by atoms with Gasteiger partial charge in [-0.3, -0.25) is 19.7 Å². The summed E-state index contributed by atoms with van der Waals surface area (Å²) in [7, 11) is 0. The molecule has 0 atom stereocenters. The van der Waals surface area contributed by atoms with Gasteiger partial charge in [0.15, 0.2) is 0 Å². The second-order valence-electron chi connectivity index (χ2n) is 6.82. The molecule has 0 bridgehead atoms. The SMILES string of the molecule is O=C(Nc1ccc([N+](=O)[O-])cc1)c1ccc(-c2ccc(-c3ccccc3)cc2)[nH]c1=O. The van der Waals surface area contributed by atoms with E-state index < -0.39 is 16.4 Å². The lowest BCUT2D eigenvalue weighted by molar-refractivity contribution is -0.384. The summed E-state index contributed by atoms with van der Waals surface area (Å²) in [6.45, 7) is 0. The molecular formula is C24H17N3O4. The first-order valence-corrected chi connectivity index (χ1v) is 9.46. The highest BCUT2D eigenvalue weighted by atomic mass is 16.6. The van der Waals surface area contributed by atoms with Gasteiger partial charge >= 0.3 is 0 Å². The van der Waals surface area contributed by atoms with Gasteiger partial charge < -0.3 is 10.3 Å². The Labute approximate surface area is 177 Å². The summed E-state index contributed by atoms with van der Waals surface area (Å²) in [4.78, 5) is 37.8. The molecule has 4 rings (SSSR count). The summed E-state index contributed by atoms with van der Waals surface area (Å²) in [6.07, 6.45) is 0. The van der Waals surface area contributed by atoms with E-state index in [-0.39, 0.29) is 11.3 Å². The first-order chi connectivity index (χ1) is 15.0. The number of amides is 1. The minimum Gasteiger partial charge on any atom is -0.322 e. The molecule has 0 saturated heterocycles. The summed E-state index contributed by atoms with van der Waals surface area (Å²) in [5.74, 6) is -0.596. The number of nitro groups is 1. The molecule has 31 heavy (non-hydrogen) atoms. The van der Waals surface area contributed by atoms with Gasteiger partial charge in [-0.05, 0) is 41.0 Å². The van der Waals surface area contributed by atoms with Crippen molar-refractivity contribution in [3.05, 3.63) is 117 Å². The molecular weight excluding hydrogens is 394 g/mol. The van der Waals surface area contributed by atoms with E-state index in [1.807, 2.05) is 54.6 Å². The lowest BCUT2D eigenvalue weighted by atomic mass is 10.0. The van der Waals surface area contributed by atoms with Crippen LogP contribution in [-0.2, 0) is 0 Å². The van der Waals surface area contributed by atoms with Gasteiger partial charge in [-0.25, -0.2) is 0 Å². The number of hydrogen-bond acceptors (Lipinski definition) is 4. The fourth-order valence-electron chi connectivity index (χ4n) is 3.16. The number of rotatable bonds is 5. The molecule has 152 valence electrons. The molecule has 0 spiro atoms. The van der Waals surface area contributed by atoms with Crippen LogP contribution in [0.5, 0.6) is 0 Å². The van der Waals surface area contributed by atoms with Gasteiger partial charge in [0.1, 0.15) is 5.56 Å². The van der Waals surface area contributed by atoms with Gasteiger partial charge in [0.25, 0.3) is 17.2 Å². The van der Waals surface area contributed by atoms with Crippen molar-refractivity contribution < 1.29 is 9.72 Å². The number of nitrogens with zero attached hydrogens (tertiary/aromatic N) is 1. The number of H-pyrrole nitrogens is 1. The fourth-order valence-corrected chi connectivity index (χ4v) is 3.16. The molecule has 0 radical (unpaired) electrons. The Morgan fingerprint density at radius 3 is 2.00 bits per heavy atom. The van der Waals surface area contributed by atoms with Gasteiger partial charge in [0.05, 0.1) is 4.92 Å². The molecule has 0 aliphatic carbocycles. The Morgan fingerprint density at radius 2 is 1.39 bits per heavy atom. The van der Waals surface area contributed by atoms with Crippen molar-refractivity contribution >= 4 is 17.3 Å². The second kappa shape index (κ2) is 8.46. The molecule has 1 aromatic heterocycles. The first-order valence-electron chi connectivity index (χ1n) is 9.46. The summed E-state index contributed by atoms with van der Waals surface area (Å²) < 4.78 is 0. The highest BCUT2D eigenvalue weighted by Gasteiger charge is 2.13. The molecule has 1 heterocycles. The molecule has 7 nitrogen and oxygen atoms in total. The van der Waals surface area contributed by atoms with Gasteiger partial charge in [-0.15, -0.1) is 0 Å². The maximum atomic E-state index is 12.5. The van der Waals surface area contributed by atoms with E-state index in [0.717, 1.165) is 16.7 Å². The van der Waals surface area contributed by atoms with Crippen molar-refractivity contribution in [2.45, 2.75) is 0 Å². The maximum Gasteiger partial charge on any atom is 0.269 e. The minimum absolute atomic E-state index is 0.0528. The number of nitro benzene ring substituents is 1. The molecule has 4 aromatic rings. The van der Waals surface area contributed by atoms with Crippen LogP contribution in [0.15, 0.2) is 95.8 Å². The topological polar surface area (TPSA) is 105 Å². The normalized spacial score (nSPS) is 10.5. The van der Waals surface area contributed by atoms with Crippen LogP contribution in [0.25, 0.3) is 22.4 Å². The lowest BCUT2D eigenvalue weighted by Gasteiger charge is -2.07. The number of hydrogen-bond donors (Lipinski definition) is 2. The van der Waals surface area contributed by atoms with E-state index in [1.54, 1.807) is 6.07 Å². The zero-order valence-corrected chi connectivity index (χ0v) is 16.2. The maximum absolute atomic E-state index is 12.5. The average molecular weight is 411 g/mol. The van der Waals surface area contributed by atoms with Crippen LogP contribution in [0.1, 0.15) is 10.4 Å². The van der Waals surface area contributed by atoms with Crippen LogP contribution < -0.4 is 10.9 Å². The van der Waals surface area contributed by atoms with Crippen LogP contribution in [0.2, 0.25) is 0 Å². The number of nitrogens with one attached hydrogen (secondary N) is 2. The minimum atomic E-state index is -0.596. The number of benzene rings is 3. The van der Waals surface area contributed by atoms with Crippen LogP contribution in [0.3, 0.4) is 0 Å². The molecule has 0 aliphatic heterocycles. The van der Waals surface area contributed by atoms with Crippen molar-refractivity contribution in [3.8, 4) is 22.4 Å². The highest BCUT2D eigenvalue weighted by molar-refractivity contribution is 6.04. The third kappa shape index (κ3) is 4.40. The smallest absolute Gasteiger partial charge is 0.269 e. The second-order valence-corrected chi connectivity index (χ2v) is 6.82. The van der Waals surface area contributed by atoms with E-state index in [0.29, 0.717) is 11.4 Å². The highest BCUT2D eigenvalue weighted by Crippen LogP contribution is 2.23. The summed E-state index contributed by atoms with van der Waals surface area (Å²) in [5.41, 5.74) is 3.27. The van der Waals surface area contributed by atoms with Crippen LogP contribution in [0.4, 0.5) is 11.4 Å². The van der Waals surface area contributed by atoms with Crippen LogP contribution in [0, 0.1) is 10.1 Å². The Kier molecular flexibility index (Phi) is 5.40. The van der Waals surface area contributed by atoms with E-state index in [9.17, 15) is 19.7 Å². The summed E-state index contributed by atoms with van der Waals surface area (Å²) >= 11 is 0. The van der Waals surface area contributed by atoms with Crippen molar-refractivity contribution in [1.82, 2.24) is 4.98 Å². The number of aromatic amines is 1. The molecule has 2 N–H and O–H groups in total. The van der Waals surface area contributed by atoms with Crippen molar-refractivity contribution in [2.24, 2.45) is 0 Å². The average Bonchev–Trinajstić information content (AvgIpc) is 2.80. The fraction of sp³-hybridized carbons (Fsp3) is 0. The zero-order valence-electron chi connectivity index (χ0n) is 16.2. The van der Waals surface area contributed by atoms with Crippen molar-refractivity contribution in [2.75, 3.05) is 5.32 Å². The third-order valence-electron chi connectivity index (χ3n) is 4.79. The predicted octanol–water partition coefficient (Wildman–Crippen LogP) is 4.87. The van der Waals surface area contributed by atoms with Crippen molar-refractivity contribution in [3.63, 3.8) is 0 Å². The van der Waals surface area contributed by atoms with E-state index in [4.69, 9.17) is 0 Å². The molecule has 0 saturated carbocycles. The predicted molar refractivity (Wildman–Crippen MR) is 119 cm³/mol.